The number of amides is 2. The normalized spacial score (nSPS) is 12.7. The number of aliphatic carboxylic acids is 1. The average molecular weight is 244 g/mol. The number of carboxylic acids is 1. The maximum absolute atomic E-state index is 11.4. The van der Waals surface area contributed by atoms with Crippen LogP contribution in [0.5, 0.6) is 0 Å². The van der Waals surface area contributed by atoms with Gasteiger partial charge in [-0.15, -0.1) is 0 Å². The molecule has 0 aromatic carbocycles. The molecular weight excluding hydrogens is 224 g/mol. The minimum absolute atomic E-state index is 0.144. The Hall–Kier alpha value is -1.59. The molecule has 0 aliphatic heterocycles. The van der Waals surface area contributed by atoms with E-state index in [0.717, 1.165) is 0 Å². The van der Waals surface area contributed by atoms with Crippen LogP contribution in [-0.2, 0) is 14.4 Å². The molecule has 0 radical (unpaired) electrons. The number of carbonyl (C=O) groups is 3. The molecule has 6 nitrogen and oxygen atoms in total. The van der Waals surface area contributed by atoms with E-state index in [2.05, 4.69) is 10.6 Å². The lowest BCUT2D eigenvalue weighted by molar-refractivity contribution is -0.141. The summed E-state index contributed by atoms with van der Waals surface area (Å²) >= 11 is 0. The third kappa shape index (κ3) is 8.24. The van der Waals surface area contributed by atoms with E-state index in [0.29, 0.717) is 6.42 Å². The summed E-state index contributed by atoms with van der Waals surface area (Å²) in [7, 11) is 0. The summed E-state index contributed by atoms with van der Waals surface area (Å²) in [5, 5.41) is 13.2. The van der Waals surface area contributed by atoms with Crippen molar-refractivity contribution in [2.45, 2.75) is 40.2 Å². The van der Waals surface area contributed by atoms with Gasteiger partial charge in [0.2, 0.25) is 11.8 Å². The molecule has 0 aliphatic carbocycles. The van der Waals surface area contributed by atoms with Crippen LogP contribution >= 0.6 is 0 Å². The summed E-state index contributed by atoms with van der Waals surface area (Å²) in [6.45, 7) is 6.90. The number of rotatable bonds is 5. The molecule has 17 heavy (non-hydrogen) atoms. The molecule has 98 valence electrons. The fourth-order valence-electron chi connectivity index (χ4n) is 1.08. The van der Waals surface area contributed by atoms with Crippen molar-refractivity contribution in [2.75, 3.05) is 6.54 Å². The minimum atomic E-state index is -1.11. The van der Waals surface area contributed by atoms with Gasteiger partial charge in [0.1, 0.15) is 6.04 Å². The molecule has 0 spiro atoms. The van der Waals surface area contributed by atoms with Crippen molar-refractivity contribution in [3.05, 3.63) is 0 Å². The molecule has 3 N–H and O–H groups in total. The summed E-state index contributed by atoms with van der Waals surface area (Å²) in [6, 6.07) is -0.956. The summed E-state index contributed by atoms with van der Waals surface area (Å²) in [4.78, 5) is 33.1. The van der Waals surface area contributed by atoms with E-state index >= 15 is 0 Å². The Morgan fingerprint density at radius 3 is 2.12 bits per heavy atom. The van der Waals surface area contributed by atoms with E-state index in [4.69, 9.17) is 5.11 Å². The van der Waals surface area contributed by atoms with Gasteiger partial charge in [0, 0.05) is 6.42 Å². The molecule has 1 atom stereocenters. The summed E-state index contributed by atoms with van der Waals surface area (Å²) < 4.78 is 0. The third-order valence-electron chi connectivity index (χ3n) is 1.88. The highest BCUT2D eigenvalue weighted by atomic mass is 16.4. The van der Waals surface area contributed by atoms with Crippen LogP contribution in [0.4, 0.5) is 0 Å². The molecule has 0 aromatic heterocycles. The van der Waals surface area contributed by atoms with E-state index in [-0.39, 0.29) is 17.9 Å². The zero-order valence-corrected chi connectivity index (χ0v) is 10.7. The Morgan fingerprint density at radius 1 is 1.18 bits per heavy atom. The Balaban J connectivity index is 3.93. The highest BCUT2D eigenvalue weighted by Gasteiger charge is 2.17. The van der Waals surface area contributed by atoms with E-state index in [1.165, 1.54) is 6.92 Å². The maximum Gasteiger partial charge on any atom is 0.325 e. The zero-order chi connectivity index (χ0) is 13.6. The van der Waals surface area contributed by atoms with Gasteiger partial charge >= 0.3 is 5.97 Å². The second-order valence-electron chi connectivity index (χ2n) is 5.14. The van der Waals surface area contributed by atoms with Gasteiger partial charge in [-0.1, -0.05) is 20.8 Å². The topological polar surface area (TPSA) is 95.5 Å². The van der Waals surface area contributed by atoms with Crippen LogP contribution in [0, 0.1) is 5.41 Å². The first-order valence-corrected chi connectivity index (χ1v) is 5.40. The number of hydrogen-bond donors (Lipinski definition) is 3. The number of hydrogen-bond acceptors (Lipinski definition) is 3. The number of carbonyl (C=O) groups excluding carboxylic acids is 2. The van der Waals surface area contributed by atoms with Crippen molar-refractivity contribution >= 4 is 17.8 Å². The zero-order valence-electron chi connectivity index (χ0n) is 10.7. The summed E-state index contributed by atoms with van der Waals surface area (Å²) in [5.41, 5.74) is -0.144. The molecule has 0 bridgehead atoms. The van der Waals surface area contributed by atoms with Crippen molar-refractivity contribution in [3.8, 4) is 0 Å². The lowest BCUT2D eigenvalue weighted by Crippen LogP contribution is -2.44. The SMILES string of the molecule is C[C@H](NC(=O)CNC(=O)CC(C)(C)C)C(=O)O. The van der Waals surface area contributed by atoms with Gasteiger partial charge in [0.15, 0.2) is 0 Å². The maximum atomic E-state index is 11.4. The first-order chi connectivity index (χ1) is 7.61. The van der Waals surface area contributed by atoms with Crippen LogP contribution in [0.25, 0.3) is 0 Å². The summed E-state index contributed by atoms with van der Waals surface area (Å²) in [6.07, 6.45) is 0.314. The van der Waals surface area contributed by atoms with Crippen molar-refractivity contribution in [2.24, 2.45) is 5.41 Å². The van der Waals surface area contributed by atoms with Gasteiger partial charge < -0.3 is 15.7 Å². The van der Waals surface area contributed by atoms with E-state index in [1.54, 1.807) is 0 Å². The van der Waals surface area contributed by atoms with Crippen molar-refractivity contribution in [1.29, 1.82) is 0 Å². The highest BCUT2D eigenvalue weighted by molar-refractivity contribution is 5.87. The predicted octanol–water partition coefficient (Wildman–Crippen LogP) is 0.128. The van der Waals surface area contributed by atoms with Crippen LogP contribution in [0.2, 0.25) is 0 Å². The second-order valence-corrected chi connectivity index (χ2v) is 5.14. The first-order valence-electron chi connectivity index (χ1n) is 5.40. The monoisotopic (exact) mass is 244 g/mol. The van der Waals surface area contributed by atoms with Gasteiger partial charge in [0.25, 0.3) is 0 Å². The first kappa shape index (κ1) is 15.4. The Labute approximate surface area is 101 Å². The minimum Gasteiger partial charge on any atom is -0.480 e. The molecule has 0 fully saturated rings. The average Bonchev–Trinajstić information content (AvgIpc) is 2.11. The molecule has 2 amide bonds. The number of nitrogens with one attached hydrogen (secondary N) is 2. The smallest absolute Gasteiger partial charge is 0.325 e. The summed E-state index contributed by atoms with van der Waals surface area (Å²) in [5.74, 6) is -1.85. The highest BCUT2D eigenvalue weighted by Crippen LogP contribution is 2.17. The molecule has 0 saturated heterocycles. The Bertz CT molecular complexity index is 307. The lowest BCUT2D eigenvalue weighted by atomic mass is 9.92. The van der Waals surface area contributed by atoms with E-state index < -0.39 is 17.9 Å². The van der Waals surface area contributed by atoms with Crippen LogP contribution in [-0.4, -0.2) is 35.5 Å². The van der Waals surface area contributed by atoms with E-state index in [9.17, 15) is 14.4 Å². The molecule has 0 heterocycles. The van der Waals surface area contributed by atoms with Gasteiger partial charge in [-0.05, 0) is 12.3 Å². The van der Waals surface area contributed by atoms with Crippen LogP contribution in [0.1, 0.15) is 34.1 Å². The van der Waals surface area contributed by atoms with Crippen LogP contribution in [0.3, 0.4) is 0 Å². The van der Waals surface area contributed by atoms with Gasteiger partial charge in [0.05, 0.1) is 6.54 Å². The van der Waals surface area contributed by atoms with Gasteiger partial charge in [-0.25, -0.2) is 0 Å². The third-order valence-corrected chi connectivity index (χ3v) is 1.88. The lowest BCUT2D eigenvalue weighted by Gasteiger charge is -2.17. The molecular formula is C11H20N2O4. The molecule has 0 aliphatic rings. The Morgan fingerprint density at radius 2 is 1.71 bits per heavy atom. The Kier molecular flexibility index (Phi) is 5.64. The molecule has 0 aromatic rings. The number of carboxylic acid groups (broad SMARTS) is 1. The second kappa shape index (κ2) is 6.22. The largest absolute Gasteiger partial charge is 0.480 e. The fourth-order valence-corrected chi connectivity index (χ4v) is 1.08. The van der Waals surface area contributed by atoms with Gasteiger partial charge in [-0.2, -0.15) is 0 Å². The van der Waals surface area contributed by atoms with Gasteiger partial charge in [-0.3, -0.25) is 14.4 Å². The van der Waals surface area contributed by atoms with Crippen LogP contribution < -0.4 is 10.6 Å². The van der Waals surface area contributed by atoms with Crippen molar-refractivity contribution in [1.82, 2.24) is 10.6 Å². The van der Waals surface area contributed by atoms with E-state index in [1.807, 2.05) is 20.8 Å². The molecule has 0 unspecified atom stereocenters. The quantitative estimate of drug-likeness (QED) is 0.640. The molecule has 6 heteroatoms. The van der Waals surface area contributed by atoms with Crippen molar-refractivity contribution in [3.63, 3.8) is 0 Å². The molecule has 0 rings (SSSR count). The molecule has 0 saturated carbocycles. The fraction of sp³-hybridized carbons (Fsp3) is 0.727. The predicted molar refractivity (Wildman–Crippen MR) is 62.3 cm³/mol. The van der Waals surface area contributed by atoms with Crippen molar-refractivity contribution < 1.29 is 19.5 Å². The van der Waals surface area contributed by atoms with Crippen LogP contribution in [0.15, 0.2) is 0 Å². The standard InChI is InChI=1S/C11H20N2O4/c1-7(10(16)17)13-9(15)6-12-8(14)5-11(2,3)4/h7H,5-6H2,1-4H3,(H,12,14)(H,13,15)(H,16,17)/t7-/m0/s1.